The summed E-state index contributed by atoms with van der Waals surface area (Å²) in [5.74, 6) is 1.41. The Labute approximate surface area is 143 Å². The fraction of sp³-hybridized carbons (Fsp3) is 0.111. The molecule has 0 radical (unpaired) electrons. The highest BCUT2D eigenvalue weighted by molar-refractivity contribution is 6.32. The van der Waals surface area contributed by atoms with Gasteiger partial charge in [0.15, 0.2) is 11.5 Å². The fourth-order valence-electron chi connectivity index (χ4n) is 2.50. The van der Waals surface area contributed by atoms with Gasteiger partial charge in [-0.1, -0.05) is 41.9 Å². The van der Waals surface area contributed by atoms with Crippen molar-refractivity contribution < 1.29 is 9.47 Å². The Balaban J connectivity index is 1.54. The van der Waals surface area contributed by atoms with E-state index in [1.54, 1.807) is 6.21 Å². The van der Waals surface area contributed by atoms with E-state index >= 15 is 0 Å². The van der Waals surface area contributed by atoms with E-state index in [0.29, 0.717) is 17.4 Å². The lowest BCUT2D eigenvalue weighted by Gasteiger charge is -2.04. The highest BCUT2D eigenvalue weighted by Gasteiger charge is 2.15. The predicted molar refractivity (Wildman–Crippen MR) is 93.8 cm³/mol. The maximum Gasteiger partial charge on any atom is 0.231 e. The average Bonchev–Trinajstić information content (AvgIpc) is 3.05. The minimum absolute atomic E-state index is 0.233. The predicted octanol–water partition coefficient (Wildman–Crippen LogP) is 3.74. The Kier molecular flexibility index (Phi) is 3.92. The maximum atomic E-state index is 6.25. The van der Waals surface area contributed by atoms with Crippen molar-refractivity contribution in [2.24, 2.45) is 5.10 Å². The molecule has 0 spiro atoms. The Morgan fingerprint density at radius 1 is 1.12 bits per heavy atom. The molecule has 4 rings (SSSR count). The average molecular weight is 340 g/mol. The van der Waals surface area contributed by atoms with Gasteiger partial charge in [-0.25, -0.2) is 4.98 Å². The third-order valence-electron chi connectivity index (χ3n) is 3.71. The minimum atomic E-state index is 0.233. The minimum Gasteiger partial charge on any atom is -0.454 e. The van der Waals surface area contributed by atoms with Gasteiger partial charge < -0.3 is 14.9 Å². The summed E-state index contributed by atoms with van der Waals surface area (Å²) in [6, 6.07) is 15.7. The van der Waals surface area contributed by atoms with Crippen LogP contribution in [0.3, 0.4) is 0 Å². The number of aromatic nitrogens is 1. The Hall–Kier alpha value is -2.79. The number of ether oxygens (including phenoxy) is 2. The largest absolute Gasteiger partial charge is 0.454 e. The van der Waals surface area contributed by atoms with Crippen LogP contribution in [-0.4, -0.2) is 18.0 Å². The fourth-order valence-corrected chi connectivity index (χ4v) is 2.69. The molecule has 0 saturated carbocycles. The summed E-state index contributed by atoms with van der Waals surface area (Å²) in [6.45, 7) is 0.881. The van der Waals surface area contributed by atoms with Crippen molar-refractivity contribution in [3.8, 4) is 11.5 Å². The van der Waals surface area contributed by atoms with E-state index in [1.807, 2.05) is 48.5 Å². The highest BCUT2D eigenvalue weighted by Crippen LogP contribution is 2.36. The van der Waals surface area contributed by atoms with Crippen molar-refractivity contribution in [3.05, 3.63) is 64.8 Å². The van der Waals surface area contributed by atoms with E-state index in [-0.39, 0.29) is 6.79 Å². The van der Waals surface area contributed by atoms with Crippen molar-refractivity contribution in [1.82, 2.24) is 10.4 Å². The van der Waals surface area contributed by atoms with Crippen molar-refractivity contribution in [2.45, 2.75) is 6.54 Å². The first-order valence-corrected chi connectivity index (χ1v) is 7.87. The number of hydrogen-bond donors (Lipinski definition) is 1. The molecule has 0 atom stereocenters. The molecule has 0 fully saturated rings. The monoisotopic (exact) mass is 339 g/mol. The maximum absolute atomic E-state index is 6.25. The van der Waals surface area contributed by atoms with Crippen LogP contribution in [0.25, 0.3) is 10.9 Å². The Morgan fingerprint density at radius 2 is 1.92 bits per heavy atom. The normalized spacial score (nSPS) is 12.9. The molecule has 0 aliphatic carbocycles. The molecule has 3 aromatic rings. The lowest BCUT2D eigenvalue weighted by molar-refractivity contribution is 0.174. The van der Waals surface area contributed by atoms with Crippen LogP contribution in [0.5, 0.6) is 11.5 Å². The van der Waals surface area contributed by atoms with E-state index in [9.17, 15) is 0 Å². The topological polar surface area (TPSA) is 55.7 Å². The van der Waals surface area contributed by atoms with Gasteiger partial charge in [0.05, 0.1) is 18.3 Å². The SMILES string of the molecule is Clc1nc2cc3c(cc2cc1/C=N\NCc1ccccc1)OCO3. The van der Waals surface area contributed by atoms with E-state index in [0.717, 1.165) is 27.8 Å². The second-order valence-corrected chi connectivity index (χ2v) is 5.70. The van der Waals surface area contributed by atoms with E-state index < -0.39 is 0 Å². The first-order valence-electron chi connectivity index (χ1n) is 7.49. The smallest absolute Gasteiger partial charge is 0.231 e. The van der Waals surface area contributed by atoms with Gasteiger partial charge in [-0.05, 0) is 17.7 Å². The summed E-state index contributed by atoms with van der Waals surface area (Å²) in [5.41, 5.74) is 5.67. The molecule has 1 aliphatic heterocycles. The Bertz CT molecular complexity index is 913. The van der Waals surface area contributed by atoms with Crippen molar-refractivity contribution in [1.29, 1.82) is 0 Å². The zero-order chi connectivity index (χ0) is 16.4. The van der Waals surface area contributed by atoms with Gasteiger partial charge in [0.1, 0.15) is 5.15 Å². The van der Waals surface area contributed by atoms with Crippen molar-refractivity contribution in [2.75, 3.05) is 6.79 Å². The molecular weight excluding hydrogens is 326 g/mol. The lowest BCUT2D eigenvalue weighted by Crippen LogP contribution is -2.05. The second kappa shape index (κ2) is 6.37. The quantitative estimate of drug-likeness (QED) is 0.447. The number of nitrogens with zero attached hydrogens (tertiary/aromatic N) is 2. The van der Waals surface area contributed by atoms with Gasteiger partial charge in [0.25, 0.3) is 0 Å². The molecule has 0 bridgehead atoms. The van der Waals surface area contributed by atoms with Gasteiger partial charge in [-0.15, -0.1) is 0 Å². The molecular formula is C18H14ClN3O2. The number of hydrazone groups is 1. The number of fused-ring (bicyclic) bond motifs is 2. The molecule has 6 heteroatoms. The number of nitrogens with one attached hydrogen (secondary N) is 1. The molecule has 0 amide bonds. The number of rotatable bonds is 4. The zero-order valence-corrected chi connectivity index (χ0v) is 13.5. The third kappa shape index (κ3) is 2.98. The van der Waals surface area contributed by atoms with Crippen LogP contribution in [0, 0.1) is 0 Å². The third-order valence-corrected chi connectivity index (χ3v) is 4.01. The molecule has 0 unspecified atom stereocenters. The van der Waals surface area contributed by atoms with Gasteiger partial charge in [-0.2, -0.15) is 5.10 Å². The summed E-state index contributed by atoms with van der Waals surface area (Å²) in [7, 11) is 0. The standard InChI is InChI=1S/C18H14ClN3O2/c19-18-14(10-21-20-9-12-4-2-1-3-5-12)6-13-7-16-17(24-11-23-16)8-15(13)22-18/h1-8,10,20H,9,11H2/b21-10-. The van der Waals surface area contributed by atoms with Gasteiger partial charge >= 0.3 is 0 Å². The molecule has 120 valence electrons. The van der Waals surface area contributed by atoms with Crippen LogP contribution in [0.4, 0.5) is 0 Å². The highest BCUT2D eigenvalue weighted by atomic mass is 35.5. The molecule has 2 heterocycles. The van der Waals surface area contributed by atoms with Crippen LogP contribution in [-0.2, 0) is 6.54 Å². The molecule has 1 N–H and O–H groups in total. The summed E-state index contributed by atoms with van der Waals surface area (Å²) < 4.78 is 10.8. The van der Waals surface area contributed by atoms with Crippen LogP contribution in [0.1, 0.15) is 11.1 Å². The number of halogens is 1. The summed E-state index contributed by atoms with van der Waals surface area (Å²) in [6.07, 6.45) is 1.67. The summed E-state index contributed by atoms with van der Waals surface area (Å²) in [4.78, 5) is 4.40. The summed E-state index contributed by atoms with van der Waals surface area (Å²) >= 11 is 6.25. The Morgan fingerprint density at radius 3 is 2.75 bits per heavy atom. The van der Waals surface area contributed by atoms with Crippen LogP contribution < -0.4 is 14.9 Å². The van der Waals surface area contributed by atoms with Crippen LogP contribution >= 0.6 is 11.6 Å². The van der Waals surface area contributed by atoms with Crippen molar-refractivity contribution in [3.63, 3.8) is 0 Å². The van der Waals surface area contributed by atoms with Crippen LogP contribution in [0.15, 0.2) is 53.6 Å². The van der Waals surface area contributed by atoms with Crippen molar-refractivity contribution >= 4 is 28.7 Å². The van der Waals surface area contributed by atoms with E-state index in [2.05, 4.69) is 15.5 Å². The van der Waals surface area contributed by atoms with E-state index in [4.69, 9.17) is 21.1 Å². The number of hydrogen-bond acceptors (Lipinski definition) is 5. The molecule has 5 nitrogen and oxygen atoms in total. The first kappa shape index (κ1) is 14.8. The van der Waals surface area contributed by atoms with Crippen LogP contribution in [0.2, 0.25) is 5.15 Å². The van der Waals surface area contributed by atoms with Gasteiger partial charge in [0.2, 0.25) is 6.79 Å². The first-order chi connectivity index (χ1) is 11.8. The van der Waals surface area contributed by atoms with E-state index in [1.165, 1.54) is 0 Å². The van der Waals surface area contributed by atoms with Gasteiger partial charge in [-0.3, -0.25) is 0 Å². The molecule has 0 saturated heterocycles. The zero-order valence-electron chi connectivity index (χ0n) is 12.7. The molecule has 2 aromatic carbocycles. The molecule has 1 aromatic heterocycles. The number of benzene rings is 2. The lowest BCUT2D eigenvalue weighted by atomic mass is 10.1. The molecule has 1 aliphatic rings. The second-order valence-electron chi connectivity index (χ2n) is 5.35. The molecule has 24 heavy (non-hydrogen) atoms. The number of pyridine rings is 1. The van der Waals surface area contributed by atoms with Gasteiger partial charge in [0, 0.05) is 17.0 Å². The summed E-state index contributed by atoms with van der Waals surface area (Å²) in [5, 5.41) is 5.54.